The normalized spacial score (nSPS) is 14.3. The number of aromatic nitrogens is 1. The molecular weight excluding hydrogens is 400 g/mol. The number of pyridine rings is 1. The second kappa shape index (κ2) is 6.09. The van der Waals surface area contributed by atoms with E-state index >= 15 is 0 Å². The topological polar surface area (TPSA) is 72.2 Å². The summed E-state index contributed by atoms with van der Waals surface area (Å²) in [6.45, 7) is -1.68. The van der Waals surface area contributed by atoms with E-state index in [9.17, 15) is 43.2 Å². The zero-order chi connectivity index (χ0) is 18.3. The van der Waals surface area contributed by atoms with Crippen LogP contribution in [0.1, 0.15) is 0 Å². The van der Waals surface area contributed by atoms with E-state index in [1.165, 1.54) is 6.07 Å². The summed E-state index contributed by atoms with van der Waals surface area (Å²) in [6.07, 6.45) is 0.840. The van der Waals surface area contributed by atoms with Crippen molar-refractivity contribution < 1.29 is 47.7 Å². The molecule has 132 valence electrons. The Labute approximate surface area is 131 Å². The highest BCUT2D eigenvalue weighted by molar-refractivity contribution is 8.09. The van der Waals surface area contributed by atoms with Crippen molar-refractivity contribution >= 4 is 31.3 Å². The van der Waals surface area contributed by atoms with Crippen LogP contribution in [0.2, 0.25) is 5.15 Å². The summed E-state index contributed by atoms with van der Waals surface area (Å²) >= 11 is 5.51. The number of alkyl halides is 6. The molecule has 0 spiro atoms. The summed E-state index contributed by atoms with van der Waals surface area (Å²) in [7, 11) is -13.4. The molecular formula is C9H7ClF6NO4S2+. The van der Waals surface area contributed by atoms with Gasteiger partial charge in [-0.15, -0.1) is 0 Å². The molecule has 1 rings (SSSR count). The molecule has 0 aromatic carbocycles. The smallest absolute Gasteiger partial charge is 0.218 e. The predicted octanol–water partition coefficient (Wildman–Crippen LogP) is 1.82. The van der Waals surface area contributed by atoms with E-state index in [4.69, 9.17) is 11.6 Å². The van der Waals surface area contributed by atoms with Gasteiger partial charge in [0.05, 0.1) is 0 Å². The van der Waals surface area contributed by atoms with E-state index in [2.05, 4.69) is 0 Å². The van der Waals surface area contributed by atoms with Crippen LogP contribution in [0.4, 0.5) is 26.3 Å². The Bertz CT molecular complexity index is 743. The molecule has 0 aliphatic heterocycles. The van der Waals surface area contributed by atoms with Gasteiger partial charge in [-0.25, -0.2) is 16.8 Å². The Kier molecular flexibility index (Phi) is 5.29. The van der Waals surface area contributed by atoms with Gasteiger partial charge in [-0.1, -0.05) is 0 Å². The van der Waals surface area contributed by atoms with E-state index in [0.717, 1.165) is 18.3 Å². The molecule has 23 heavy (non-hydrogen) atoms. The maximum absolute atomic E-state index is 12.5. The average molecular weight is 407 g/mol. The fourth-order valence-electron chi connectivity index (χ4n) is 1.43. The first kappa shape index (κ1) is 20.0. The fraction of sp³-hybridized carbons (Fsp3) is 0.444. The quantitative estimate of drug-likeness (QED) is 0.434. The second-order valence-corrected chi connectivity index (χ2v) is 9.02. The molecule has 0 radical (unpaired) electrons. The van der Waals surface area contributed by atoms with Crippen molar-refractivity contribution in [1.82, 2.24) is 0 Å². The minimum Gasteiger partial charge on any atom is -0.218 e. The van der Waals surface area contributed by atoms with Gasteiger partial charge < -0.3 is 0 Å². The Hall–Kier alpha value is -1.08. The molecule has 0 amide bonds. The molecule has 1 aromatic heterocycles. The van der Waals surface area contributed by atoms with Crippen molar-refractivity contribution in [3.05, 3.63) is 29.5 Å². The zero-order valence-electron chi connectivity index (χ0n) is 10.6. The minimum absolute atomic E-state index is 0.443. The Morgan fingerprint density at radius 1 is 0.957 bits per heavy atom. The van der Waals surface area contributed by atoms with Gasteiger partial charge in [-0.05, 0) is 17.7 Å². The largest absolute Gasteiger partial charge is 0.498 e. The van der Waals surface area contributed by atoms with Gasteiger partial charge in [0.1, 0.15) is 0 Å². The number of hydrogen-bond donors (Lipinski definition) is 0. The second-order valence-electron chi connectivity index (χ2n) is 4.09. The molecule has 0 N–H and O–H groups in total. The van der Waals surface area contributed by atoms with Gasteiger partial charge in [0.2, 0.25) is 4.58 Å². The minimum atomic E-state index is -6.68. The Balaban J connectivity index is 3.56. The van der Waals surface area contributed by atoms with E-state index in [0.29, 0.717) is 4.57 Å². The lowest BCUT2D eigenvalue weighted by atomic mass is 10.5. The Morgan fingerprint density at radius 3 is 1.74 bits per heavy atom. The third-order valence-electron chi connectivity index (χ3n) is 2.57. The lowest BCUT2D eigenvalue weighted by Gasteiger charge is -2.19. The van der Waals surface area contributed by atoms with Crippen LogP contribution in [-0.2, 0) is 26.2 Å². The van der Waals surface area contributed by atoms with Gasteiger partial charge in [-0.2, -0.15) is 30.9 Å². The highest BCUT2D eigenvalue weighted by Gasteiger charge is 2.64. The third kappa shape index (κ3) is 3.88. The molecule has 0 aliphatic rings. The lowest BCUT2D eigenvalue weighted by molar-refractivity contribution is -0.692. The SMILES string of the molecule is O=S(=O)(C(C[n+]1ccccc1Cl)S(=O)(=O)C(F)(F)F)C(F)(F)F. The molecule has 0 saturated heterocycles. The maximum Gasteiger partial charge on any atom is 0.498 e. The first-order chi connectivity index (χ1) is 10.1. The summed E-state index contributed by atoms with van der Waals surface area (Å²) in [5.74, 6) is 0. The van der Waals surface area contributed by atoms with Gasteiger partial charge in [0, 0.05) is 12.1 Å². The average Bonchev–Trinajstić information content (AvgIpc) is 2.34. The molecule has 0 atom stereocenters. The number of sulfone groups is 2. The van der Waals surface area contributed by atoms with E-state index in [-0.39, 0.29) is 0 Å². The van der Waals surface area contributed by atoms with Crippen LogP contribution in [0, 0.1) is 0 Å². The van der Waals surface area contributed by atoms with Crippen LogP contribution in [0.5, 0.6) is 0 Å². The van der Waals surface area contributed by atoms with E-state index in [1.807, 2.05) is 0 Å². The van der Waals surface area contributed by atoms with Crippen molar-refractivity contribution in [3.8, 4) is 0 Å². The van der Waals surface area contributed by atoms with Crippen molar-refractivity contribution in [1.29, 1.82) is 0 Å². The highest BCUT2D eigenvalue weighted by Crippen LogP contribution is 2.36. The monoisotopic (exact) mass is 406 g/mol. The first-order valence-electron chi connectivity index (χ1n) is 5.36. The van der Waals surface area contributed by atoms with Gasteiger partial charge in [0.25, 0.3) is 24.8 Å². The van der Waals surface area contributed by atoms with Crippen LogP contribution in [0.25, 0.3) is 0 Å². The van der Waals surface area contributed by atoms with Crippen molar-refractivity contribution in [3.63, 3.8) is 0 Å². The van der Waals surface area contributed by atoms with Crippen molar-refractivity contribution in [2.45, 2.75) is 22.1 Å². The van der Waals surface area contributed by atoms with E-state index < -0.39 is 47.0 Å². The summed E-state index contributed by atoms with van der Waals surface area (Å²) in [5, 5.41) is -0.452. The molecule has 0 fully saturated rings. The number of nitrogens with zero attached hydrogens (tertiary/aromatic N) is 1. The maximum atomic E-state index is 12.5. The first-order valence-corrected chi connectivity index (χ1v) is 8.83. The summed E-state index contributed by atoms with van der Waals surface area (Å²) in [4.78, 5) is 0. The van der Waals surface area contributed by atoms with E-state index in [1.54, 1.807) is 0 Å². The van der Waals surface area contributed by atoms with Crippen molar-refractivity contribution in [2.75, 3.05) is 0 Å². The van der Waals surface area contributed by atoms with Crippen molar-refractivity contribution in [2.24, 2.45) is 0 Å². The molecule has 0 bridgehead atoms. The molecule has 1 heterocycles. The molecule has 0 aliphatic carbocycles. The molecule has 5 nitrogen and oxygen atoms in total. The predicted molar refractivity (Wildman–Crippen MR) is 65.4 cm³/mol. The molecule has 14 heteroatoms. The van der Waals surface area contributed by atoms with Crippen LogP contribution >= 0.6 is 11.6 Å². The lowest BCUT2D eigenvalue weighted by Crippen LogP contribution is -2.53. The van der Waals surface area contributed by atoms with Gasteiger partial charge in [-0.3, -0.25) is 0 Å². The summed E-state index contributed by atoms with van der Waals surface area (Å²) < 4.78 is 117. The number of halogens is 7. The third-order valence-corrected chi connectivity index (χ3v) is 7.40. The van der Waals surface area contributed by atoms with Gasteiger partial charge in [0.15, 0.2) is 12.7 Å². The molecule has 1 aromatic rings. The van der Waals surface area contributed by atoms with Crippen LogP contribution < -0.4 is 4.57 Å². The summed E-state index contributed by atoms with van der Waals surface area (Å²) in [5.41, 5.74) is -12.4. The number of rotatable bonds is 4. The van der Waals surface area contributed by atoms with Crippen LogP contribution in [0.15, 0.2) is 24.4 Å². The molecule has 0 unspecified atom stereocenters. The zero-order valence-corrected chi connectivity index (χ0v) is 13.0. The highest BCUT2D eigenvalue weighted by atomic mass is 35.5. The molecule has 0 saturated carbocycles. The van der Waals surface area contributed by atoms with Gasteiger partial charge >= 0.3 is 11.0 Å². The van der Waals surface area contributed by atoms with Crippen LogP contribution in [0.3, 0.4) is 0 Å². The summed E-state index contributed by atoms with van der Waals surface area (Å²) in [6, 6.07) is 3.40. The number of hydrogen-bond acceptors (Lipinski definition) is 4. The Morgan fingerprint density at radius 2 is 1.39 bits per heavy atom. The fourth-order valence-corrected chi connectivity index (χ4v) is 4.92. The standard InChI is InChI=1S/C9H7ClF6NO4S2/c10-6-3-1-2-4-17(6)5-7(22(18,19)8(11,12)13)23(20,21)9(14,15)16/h1-4,7H,5H2/q+1. The van der Waals surface area contributed by atoms with Crippen LogP contribution in [-0.4, -0.2) is 32.4 Å².